The highest BCUT2D eigenvalue weighted by Gasteiger charge is 2.61. The second kappa shape index (κ2) is 6.05. The first-order valence-electron chi connectivity index (χ1n) is 10.6. The lowest BCUT2D eigenvalue weighted by Crippen LogP contribution is -2.67. The van der Waals surface area contributed by atoms with E-state index in [4.69, 9.17) is 4.84 Å². The standard InChI is InChI=1S/C23H32N2O2/c1-21-12-18-13-22(2,15-21)17-23(14-18,16-21)24-8-10-25(11-9-24)27-20(26)19-6-4-3-5-7-19/h3-7,18H,8-17H2,1-2H3. The summed E-state index contributed by atoms with van der Waals surface area (Å²) in [6.07, 6.45) is 8.44. The van der Waals surface area contributed by atoms with Crippen molar-refractivity contribution in [3.63, 3.8) is 0 Å². The van der Waals surface area contributed by atoms with E-state index in [9.17, 15) is 4.79 Å². The van der Waals surface area contributed by atoms with Gasteiger partial charge in [0.15, 0.2) is 0 Å². The normalized spacial score (nSPS) is 41.6. The summed E-state index contributed by atoms with van der Waals surface area (Å²) in [7, 11) is 0. The fourth-order valence-electron chi connectivity index (χ4n) is 7.74. The summed E-state index contributed by atoms with van der Waals surface area (Å²) < 4.78 is 0. The van der Waals surface area contributed by atoms with Crippen molar-refractivity contribution in [2.75, 3.05) is 26.2 Å². The number of hydrogen-bond donors (Lipinski definition) is 0. The molecule has 0 N–H and O–H groups in total. The molecule has 0 radical (unpaired) electrons. The van der Waals surface area contributed by atoms with Gasteiger partial charge in [0, 0.05) is 31.7 Å². The first-order valence-corrected chi connectivity index (χ1v) is 10.6. The van der Waals surface area contributed by atoms with Crippen molar-refractivity contribution < 1.29 is 9.63 Å². The summed E-state index contributed by atoms with van der Waals surface area (Å²) in [4.78, 5) is 20.7. The molecule has 2 unspecified atom stereocenters. The molecule has 4 bridgehead atoms. The topological polar surface area (TPSA) is 32.8 Å². The summed E-state index contributed by atoms with van der Waals surface area (Å²) in [6, 6.07) is 9.30. The Balaban J connectivity index is 1.24. The van der Waals surface area contributed by atoms with Crippen LogP contribution < -0.4 is 0 Å². The largest absolute Gasteiger partial charge is 0.364 e. The van der Waals surface area contributed by atoms with Gasteiger partial charge in [-0.3, -0.25) is 4.90 Å². The second-order valence-corrected chi connectivity index (χ2v) is 10.5. The van der Waals surface area contributed by atoms with Crippen LogP contribution in [-0.2, 0) is 4.84 Å². The summed E-state index contributed by atoms with van der Waals surface area (Å²) in [5, 5.41) is 1.87. The van der Waals surface area contributed by atoms with Crippen molar-refractivity contribution in [1.82, 2.24) is 9.96 Å². The molecule has 0 amide bonds. The van der Waals surface area contributed by atoms with Crippen molar-refractivity contribution in [2.24, 2.45) is 16.7 Å². The van der Waals surface area contributed by atoms with Crippen LogP contribution in [0.2, 0.25) is 0 Å². The molecule has 5 aliphatic rings. The molecular weight excluding hydrogens is 336 g/mol. The van der Waals surface area contributed by atoms with Crippen LogP contribution in [0.1, 0.15) is 62.7 Å². The molecule has 4 heteroatoms. The lowest BCUT2D eigenvalue weighted by Gasteiger charge is -2.68. The molecule has 0 aromatic heterocycles. The first-order chi connectivity index (χ1) is 12.9. The summed E-state index contributed by atoms with van der Waals surface area (Å²) in [5.74, 6) is 0.684. The maximum Gasteiger partial charge on any atom is 0.357 e. The third kappa shape index (κ3) is 3.11. The number of carbonyl (C=O) groups is 1. The molecule has 4 aliphatic carbocycles. The van der Waals surface area contributed by atoms with E-state index in [-0.39, 0.29) is 5.97 Å². The molecule has 1 saturated heterocycles. The van der Waals surface area contributed by atoms with E-state index in [0.717, 1.165) is 32.1 Å². The average Bonchev–Trinajstić information content (AvgIpc) is 2.60. The Hall–Kier alpha value is -1.39. The summed E-state index contributed by atoms with van der Waals surface area (Å²) >= 11 is 0. The Kier molecular flexibility index (Phi) is 3.97. The minimum absolute atomic E-state index is 0.237. The van der Waals surface area contributed by atoms with Gasteiger partial charge in [-0.25, -0.2) is 4.79 Å². The van der Waals surface area contributed by atoms with E-state index in [0.29, 0.717) is 21.9 Å². The number of rotatable bonds is 3. The van der Waals surface area contributed by atoms with Gasteiger partial charge >= 0.3 is 5.97 Å². The van der Waals surface area contributed by atoms with E-state index < -0.39 is 0 Å². The third-order valence-electron chi connectivity index (χ3n) is 7.73. The minimum atomic E-state index is -0.237. The van der Waals surface area contributed by atoms with Crippen molar-refractivity contribution >= 4 is 5.97 Å². The number of nitrogens with zero attached hydrogens (tertiary/aromatic N) is 2. The smallest absolute Gasteiger partial charge is 0.357 e. The van der Waals surface area contributed by atoms with Crippen LogP contribution >= 0.6 is 0 Å². The van der Waals surface area contributed by atoms with Gasteiger partial charge in [-0.2, -0.15) is 0 Å². The maximum absolute atomic E-state index is 12.3. The Morgan fingerprint density at radius 2 is 1.56 bits per heavy atom. The minimum Gasteiger partial charge on any atom is -0.364 e. The number of benzene rings is 1. The number of carbonyl (C=O) groups excluding carboxylic acids is 1. The van der Waals surface area contributed by atoms with Crippen LogP contribution in [0.5, 0.6) is 0 Å². The molecule has 146 valence electrons. The van der Waals surface area contributed by atoms with Crippen LogP contribution in [0.4, 0.5) is 0 Å². The van der Waals surface area contributed by atoms with Crippen molar-refractivity contribution in [1.29, 1.82) is 0 Å². The van der Waals surface area contributed by atoms with Gasteiger partial charge in [0.2, 0.25) is 0 Å². The van der Waals surface area contributed by atoms with Crippen molar-refractivity contribution in [3.05, 3.63) is 35.9 Å². The first kappa shape index (κ1) is 17.7. The zero-order chi connectivity index (χ0) is 18.7. The second-order valence-electron chi connectivity index (χ2n) is 10.5. The Labute approximate surface area is 162 Å². The van der Waals surface area contributed by atoms with Crippen LogP contribution in [0, 0.1) is 16.7 Å². The molecule has 27 heavy (non-hydrogen) atoms. The molecule has 1 aromatic rings. The Bertz CT molecular complexity index is 707. The lowest BCUT2D eigenvalue weighted by atomic mass is 9.42. The van der Waals surface area contributed by atoms with Crippen molar-refractivity contribution in [2.45, 2.75) is 57.9 Å². The van der Waals surface area contributed by atoms with E-state index in [1.54, 1.807) is 0 Å². The molecule has 4 saturated carbocycles. The van der Waals surface area contributed by atoms with Crippen LogP contribution in [0.25, 0.3) is 0 Å². The van der Waals surface area contributed by atoms with Crippen molar-refractivity contribution in [3.8, 4) is 0 Å². The van der Waals surface area contributed by atoms with E-state index in [2.05, 4.69) is 18.7 Å². The molecule has 6 rings (SSSR count). The molecule has 5 fully saturated rings. The van der Waals surface area contributed by atoms with E-state index >= 15 is 0 Å². The van der Waals surface area contributed by atoms with Crippen LogP contribution in [0.3, 0.4) is 0 Å². The molecule has 2 atom stereocenters. The third-order valence-corrected chi connectivity index (χ3v) is 7.73. The monoisotopic (exact) mass is 368 g/mol. The molecule has 4 nitrogen and oxygen atoms in total. The van der Waals surface area contributed by atoms with Crippen LogP contribution in [-0.4, -0.2) is 47.7 Å². The highest BCUT2D eigenvalue weighted by Crippen LogP contribution is 2.67. The van der Waals surface area contributed by atoms with Gasteiger partial charge in [0.1, 0.15) is 0 Å². The van der Waals surface area contributed by atoms with Gasteiger partial charge in [-0.15, -0.1) is 5.06 Å². The Morgan fingerprint density at radius 3 is 2.15 bits per heavy atom. The van der Waals surface area contributed by atoms with Crippen LogP contribution in [0.15, 0.2) is 30.3 Å². The zero-order valence-corrected chi connectivity index (χ0v) is 16.7. The van der Waals surface area contributed by atoms with Gasteiger partial charge in [-0.05, 0) is 67.4 Å². The predicted molar refractivity (Wildman–Crippen MR) is 105 cm³/mol. The predicted octanol–water partition coefficient (Wildman–Crippen LogP) is 4.13. The summed E-state index contributed by atoms with van der Waals surface area (Å²) in [6.45, 7) is 8.75. The fourth-order valence-corrected chi connectivity index (χ4v) is 7.74. The summed E-state index contributed by atoms with van der Waals surface area (Å²) in [5.41, 5.74) is 2.12. The number of hydrogen-bond acceptors (Lipinski definition) is 4. The quantitative estimate of drug-likeness (QED) is 0.803. The molecule has 1 aliphatic heterocycles. The maximum atomic E-state index is 12.3. The fraction of sp³-hybridized carbons (Fsp3) is 0.696. The molecule has 1 aromatic carbocycles. The van der Waals surface area contributed by atoms with Gasteiger partial charge in [0.25, 0.3) is 0 Å². The van der Waals surface area contributed by atoms with E-state index in [1.165, 1.54) is 38.5 Å². The number of piperazine rings is 1. The zero-order valence-electron chi connectivity index (χ0n) is 16.7. The van der Waals surface area contributed by atoms with E-state index in [1.807, 2.05) is 35.4 Å². The SMILES string of the molecule is CC12CC3CC(C)(C1)CC(N1CCN(OC(=O)c4ccccc4)CC1)(C3)C2. The lowest BCUT2D eigenvalue weighted by molar-refractivity contribution is -0.190. The molecule has 0 spiro atoms. The molecular formula is C23H32N2O2. The number of hydroxylamine groups is 2. The highest BCUT2D eigenvalue weighted by atomic mass is 16.7. The molecule has 1 heterocycles. The highest BCUT2D eigenvalue weighted by molar-refractivity contribution is 5.89. The average molecular weight is 369 g/mol. The Morgan fingerprint density at radius 1 is 0.926 bits per heavy atom. The van der Waals surface area contributed by atoms with Gasteiger partial charge in [0.05, 0.1) is 5.56 Å². The van der Waals surface area contributed by atoms with Gasteiger partial charge in [-0.1, -0.05) is 32.0 Å². The van der Waals surface area contributed by atoms with Gasteiger partial charge < -0.3 is 4.84 Å².